The number of hydrogen-bond donors (Lipinski definition) is 1. The molecule has 28 heavy (non-hydrogen) atoms. The molecular weight excluding hydrogens is 384 g/mol. The molecule has 1 aromatic rings. The molecule has 3 aliphatic rings. The number of hydrogen-bond acceptors (Lipinski definition) is 7. The van der Waals surface area contributed by atoms with Gasteiger partial charge >= 0.3 is 0 Å². The minimum Gasteiger partial charge on any atom is -0.483 e. The molecule has 10 heteroatoms. The van der Waals surface area contributed by atoms with Crippen LogP contribution in [-0.4, -0.2) is 79.9 Å². The van der Waals surface area contributed by atoms with Gasteiger partial charge in [0.1, 0.15) is 11.6 Å². The quantitative estimate of drug-likeness (QED) is 0.701. The first-order valence-corrected chi connectivity index (χ1v) is 11.4. The third-order valence-corrected chi connectivity index (χ3v) is 7.22. The lowest BCUT2D eigenvalue weighted by atomic mass is 9.76. The van der Waals surface area contributed by atoms with Crippen LogP contribution >= 0.6 is 0 Å². The van der Waals surface area contributed by atoms with E-state index < -0.39 is 10.0 Å². The van der Waals surface area contributed by atoms with Crippen LogP contribution in [0, 0.1) is 6.92 Å². The van der Waals surface area contributed by atoms with Crippen molar-refractivity contribution in [3.63, 3.8) is 0 Å². The second-order valence-electron chi connectivity index (χ2n) is 7.57. The van der Waals surface area contributed by atoms with Crippen LogP contribution in [0.4, 0.5) is 5.82 Å². The van der Waals surface area contributed by atoms with E-state index >= 15 is 0 Å². The van der Waals surface area contributed by atoms with Crippen molar-refractivity contribution in [1.82, 2.24) is 14.3 Å². The normalized spacial score (nSPS) is 21.7. The fourth-order valence-electron chi connectivity index (χ4n) is 4.50. The summed E-state index contributed by atoms with van der Waals surface area (Å²) in [6.45, 7) is 6.12. The Balaban J connectivity index is 0.000000706. The first-order valence-electron chi connectivity index (χ1n) is 9.54. The van der Waals surface area contributed by atoms with E-state index in [2.05, 4.69) is 4.90 Å². The highest BCUT2D eigenvalue weighted by atomic mass is 32.2. The molecular formula is C18H28N4O5S. The summed E-state index contributed by atoms with van der Waals surface area (Å²) in [7, 11) is -3.10. The summed E-state index contributed by atoms with van der Waals surface area (Å²) in [5.41, 5.74) is 2.47. The second-order valence-corrected chi connectivity index (χ2v) is 9.55. The number of nitrogens with zero attached hydrogens (tertiary/aromatic N) is 4. The number of carbonyl (C=O) groups is 1. The highest BCUT2D eigenvalue weighted by molar-refractivity contribution is 7.88. The van der Waals surface area contributed by atoms with Crippen molar-refractivity contribution in [3.8, 4) is 0 Å². The van der Waals surface area contributed by atoms with E-state index in [1.807, 2.05) is 6.92 Å². The molecule has 0 atom stereocenters. The van der Waals surface area contributed by atoms with Crippen LogP contribution in [0.15, 0.2) is 0 Å². The van der Waals surface area contributed by atoms with Crippen LogP contribution < -0.4 is 4.90 Å². The molecule has 1 aliphatic carbocycles. The van der Waals surface area contributed by atoms with Gasteiger partial charge in [-0.3, -0.25) is 4.79 Å². The first-order chi connectivity index (χ1) is 13.3. The number of fused-ring (bicyclic) bond motifs is 2. The Hall–Kier alpha value is -1.78. The van der Waals surface area contributed by atoms with E-state index in [9.17, 15) is 8.42 Å². The third-order valence-electron chi connectivity index (χ3n) is 5.91. The number of piperidine rings is 1. The minimum absolute atomic E-state index is 0.0191. The first kappa shape index (κ1) is 20.9. The molecule has 0 amide bonds. The summed E-state index contributed by atoms with van der Waals surface area (Å²) in [4.78, 5) is 20.3. The number of anilines is 1. The van der Waals surface area contributed by atoms with E-state index in [0.717, 1.165) is 63.6 Å². The largest absolute Gasteiger partial charge is 0.483 e. The maximum atomic E-state index is 11.8. The topological polar surface area (TPSA) is 113 Å². The minimum atomic E-state index is -3.10. The van der Waals surface area contributed by atoms with E-state index in [0.29, 0.717) is 13.1 Å². The van der Waals surface area contributed by atoms with Gasteiger partial charge in [0.2, 0.25) is 10.0 Å². The molecule has 1 spiro atoms. The van der Waals surface area contributed by atoms with Gasteiger partial charge in [0.15, 0.2) is 0 Å². The fraction of sp³-hybridized carbons (Fsp3) is 0.722. The maximum Gasteiger partial charge on any atom is 0.290 e. The van der Waals surface area contributed by atoms with Gasteiger partial charge in [0.05, 0.1) is 25.2 Å². The molecule has 1 N–H and O–H groups in total. The lowest BCUT2D eigenvalue weighted by molar-refractivity contribution is -0.122. The van der Waals surface area contributed by atoms with Crippen molar-refractivity contribution in [2.24, 2.45) is 0 Å². The number of aromatic nitrogens is 2. The Labute approximate surface area is 165 Å². The highest BCUT2D eigenvalue weighted by Crippen LogP contribution is 2.47. The Morgan fingerprint density at radius 3 is 2.29 bits per heavy atom. The number of ether oxygens (including phenoxy) is 1. The summed E-state index contributed by atoms with van der Waals surface area (Å²) in [6.07, 6.45) is 5.05. The smallest absolute Gasteiger partial charge is 0.290 e. The number of morpholine rings is 1. The predicted octanol–water partition coefficient (Wildman–Crippen LogP) is 0.562. The van der Waals surface area contributed by atoms with E-state index in [-0.39, 0.29) is 11.9 Å². The molecule has 2 aliphatic heterocycles. The summed E-state index contributed by atoms with van der Waals surface area (Å²) in [5.74, 6) is 1.89. The van der Waals surface area contributed by atoms with Gasteiger partial charge in [-0.2, -0.15) is 0 Å². The summed E-state index contributed by atoms with van der Waals surface area (Å²) in [6, 6.07) is 0. The van der Waals surface area contributed by atoms with E-state index in [1.54, 1.807) is 4.31 Å². The van der Waals surface area contributed by atoms with Crippen LogP contribution in [0.3, 0.4) is 0 Å². The van der Waals surface area contributed by atoms with Crippen molar-refractivity contribution < 1.29 is 23.1 Å². The molecule has 2 fully saturated rings. The molecule has 3 heterocycles. The SMILES string of the molecule is Cc1nc(N2CCOCC2)c2c(n1)C1(CC2)CCN(S(C)(=O)=O)CC1.O=CO. The Kier molecular flexibility index (Phi) is 6.21. The Morgan fingerprint density at radius 2 is 1.71 bits per heavy atom. The van der Waals surface area contributed by atoms with Gasteiger partial charge in [-0.25, -0.2) is 22.7 Å². The number of carboxylic acid groups (broad SMARTS) is 1. The summed E-state index contributed by atoms with van der Waals surface area (Å²) in [5, 5.41) is 6.89. The van der Waals surface area contributed by atoms with Gasteiger partial charge in [-0.15, -0.1) is 0 Å². The number of rotatable bonds is 2. The van der Waals surface area contributed by atoms with E-state index in [4.69, 9.17) is 24.6 Å². The standard InChI is InChI=1S/C17H26N4O3S.CH2O2/c1-13-18-15-14(16(19-13)20-9-11-24-12-10-20)3-4-17(15)5-7-21(8-6-17)25(2,22)23;2-1-3/h3-12H2,1-2H3;1H,(H,2,3). The van der Waals surface area contributed by atoms with Crippen molar-refractivity contribution in [2.75, 3.05) is 50.5 Å². The number of aryl methyl sites for hydroxylation is 1. The average Bonchev–Trinajstić information content (AvgIpc) is 3.00. The van der Waals surface area contributed by atoms with Gasteiger partial charge in [0, 0.05) is 37.2 Å². The summed E-state index contributed by atoms with van der Waals surface area (Å²) < 4.78 is 30.7. The molecule has 0 unspecified atom stereocenters. The molecule has 0 bridgehead atoms. The third kappa shape index (κ3) is 4.13. The molecule has 156 valence electrons. The van der Waals surface area contributed by atoms with E-state index in [1.165, 1.54) is 17.5 Å². The van der Waals surface area contributed by atoms with Crippen LogP contribution in [0.25, 0.3) is 0 Å². The molecule has 0 radical (unpaired) electrons. The molecule has 4 rings (SSSR count). The van der Waals surface area contributed by atoms with Crippen LogP contribution in [-0.2, 0) is 31.4 Å². The lowest BCUT2D eigenvalue weighted by Crippen LogP contribution is -2.44. The fourth-order valence-corrected chi connectivity index (χ4v) is 5.35. The van der Waals surface area contributed by atoms with Crippen LogP contribution in [0.2, 0.25) is 0 Å². The number of sulfonamides is 1. The molecule has 9 nitrogen and oxygen atoms in total. The average molecular weight is 413 g/mol. The van der Waals surface area contributed by atoms with Gasteiger partial charge in [-0.05, 0) is 32.6 Å². The predicted molar refractivity (Wildman–Crippen MR) is 104 cm³/mol. The van der Waals surface area contributed by atoms with Crippen molar-refractivity contribution in [2.45, 2.75) is 38.0 Å². The maximum absolute atomic E-state index is 11.8. The van der Waals surface area contributed by atoms with Crippen LogP contribution in [0.1, 0.15) is 36.3 Å². The van der Waals surface area contributed by atoms with Crippen molar-refractivity contribution in [1.29, 1.82) is 0 Å². The zero-order valence-corrected chi connectivity index (χ0v) is 17.2. The van der Waals surface area contributed by atoms with Crippen LogP contribution in [0.5, 0.6) is 0 Å². The summed E-state index contributed by atoms with van der Waals surface area (Å²) >= 11 is 0. The molecule has 0 aromatic carbocycles. The molecule has 0 saturated carbocycles. The van der Waals surface area contributed by atoms with Gasteiger partial charge < -0.3 is 14.7 Å². The molecule has 1 aromatic heterocycles. The molecule has 2 saturated heterocycles. The van der Waals surface area contributed by atoms with Gasteiger partial charge in [0.25, 0.3) is 6.47 Å². The lowest BCUT2D eigenvalue weighted by Gasteiger charge is -2.38. The van der Waals surface area contributed by atoms with Crippen molar-refractivity contribution >= 4 is 22.3 Å². The Morgan fingerprint density at radius 1 is 1.11 bits per heavy atom. The highest BCUT2D eigenvalue weighted by Gasteiger charge is 2.45. The van der Waals surface area contributed by atoms with Gasteiger partial charge in [-0.1, -0.05) is 0 Å². The zero-order valence-electron chi connectivity index (χ0n) is 16.4. The second kappa shape index (κ2) is 8.30. The monoisotopic (exact) mass is 412 g/mol. The Bertz CT molecular complexity index is 816. The van der Waals surface area contributed by atoms with Crippen molar-refractivity contribution in [3.05, 3.63) is 17.1 Å². The zero-order chi connectivity index (χ0) is 20.4.